The molecule has 160 valence electrons. The molecule has 0 saturated carbocycles. The van der Waals surface area contributed by atoms with E-state index in [2.05, 4.69) is 0 Å². The Morgan fingerprint density at radius 3 is 2.26 bits per heavy atom. The molecule has 0 aliphatic carbocycles. The van der Waals surface area contributed by atoms with E-state index in [-0.39, 0.29) is 5.78 Å². The fraction of sp³-hybridized carbons (Fsp3) is 0.231. The Bertz CT molecular complexity index is 1280. The minimum absolute atomic E-state index is 0.108. The summed E-state index contributed by atoms with van der Waals surface area (Å²) >= 11 is 0. The smallest absolute Gasteiger partial charge is 0.344 e. The van der Waals surface area contributed by atoms with Crippen molar-refractivity contribution in [3.8, 4) is 11.5 Å². The van der Waals surface area contributed by atoms with Crippen LogP contribution in [-0.2, 0) is 6.61 Å². The molecular formula is C26H26O5. The number of ether oxygens (including phenoxy) is 2. The molecule has 0 aliphatic heterocycles. The summed E-state index contributed by atoms with van der Waals surface area (Å²) in [4.78, 5) is 24.1. The van der Waals surface area contributed by atoms with Crippen molar-refractivity contribution in [1.82, 2.24) is 0 Å². The molecule has 0 saturated heterocycles. The third-order valence-corrected chi connectivity index (χ3v) is 4.92. The van der Waals surface area contributed by atoms with E-state index in [1.54, 1.807) is 37.4 Å². The largest absolute Gasteiger partial charge is 0.493 e. The van der Waals surface area contributed by atoms with Crippen molar-refractivity contribution in [3.63, 3.8) is 0 Å². The van der Waals surface area contributed by atoms with Gasteiger partial charge in [0.05, 0.1) is 12.5 Å². The lowest BCUT2D eigenvalue weighted by molar-refractivity contribution is 0.101. The molecule has 3 aromatic carbocycles. The maximum atomic E-state index is 12.5. The second-order valence-electron chi connectivity index (χ2n) is 6.98. The van der Waals surface area contributed by atoms with E-state index in [4.69, 9.17) is 13.9 Å². The molecule has 0 fully saturated rings. The number of benzene rings is 3. The van der Waals surface area contributed by atoms with Gasteiger partial charge in [0.2, 0.25) is 0 Å². The van der Waals surface area contributed by atoms with Crippen molar-refractivity contribution < 1.29 is 18.7 Å². The highest BCUT2D eigenvalue weighted by atomic mass is 16.5. The number of hydrogen-bond donors (Lipinski definition) is 0. The Balaban J connectivity index is 0.00000132. The summed E-state index contributed by atoms with van der Waals surface area (Å²) in [5.41, 5.74) is 2.57. The minimum Gasteiger partial charge on any atom is -0.493 e. The Labute approximate surface area is 181 Å². The highest BCUT2D eigenvalue weighted by molar-refractivity contribution is 6.07. The van der Waals surface area contributed by atoms with Crippen LogP contribution in [0.5, 0.6) is 11.5 Å². The number of fused-ring (bicyclic) bond motifs is 3. The van der Waals surface area contributed by atoms with E-state index in [1.165, 1.54) is 12.5 Å². The van der Waals surface area contributed by atoms with Crippen LogP contribution in [0.3, 0.4) is 0 Å². The SMILES string of the molecule is CC.COc1cc2c(cc1OCc1ccc(C)cc1)oc(=O)c1cc(C(C)=O)ccc12. The predicted octanol–water partition coefficient (Wildman–Crippen LogP) is 6.07. The number of Topliss-reactive ketones (excluding diaryl/α,β-unsaturated/α-hetero) is 1. The van der Waals surface area contributed by atoms with E-state index in [0.717, 1.165) is 5.56 Å². The maximum Gasteiger partial charge on any atom is 0.344 e. The molecule has 0 radical (unpaired) electrons. The Kier molecular flexibility index (Phi) is 6.75. The van der Waals surface area contributed by atoms with Gasteiger partial charge in [-0.15, -0.1) is 0 Å². The van der Waals surface area contributed by atoms with Gasteiger partial charge in [0, 0.05) is 22.4 Å². The Morgan fingerprint density at radius 1 is 0.903 bits per heavy atom. The monoisotopic (exact) mass is 418 g/mol. The van der Waals surface area contributed by atoms with Gasteiger partial charge in [-0.05, 0) is 31.5 Å². The average Bonchev–Trinajstić information content (AvgIpc) is 2.79. The minimum atomic E-state index is -0.495. The van der Waals surface area contributed by atoms with Crippen LogP contribution >= 0.6 is 0 Å². The van der Waals surface area contributed by atoms with Gasteiger partial charge in [0.25, 0.3) is 0 Å². The molecule has 0 bridgehead atoms. The first-order chi connectivity index (χ1) is 15.0. The van der Waals surface area contributed by atoms with E-state index in [1.807, 2.05) is 45.0 Å². The van der Waals surface area contributed by atoms with Gasteiger partial charge in [0.15, 0.2) is 17.3 Å². The second-order valence-corrected chi connectivity index (χ2v) is 6.98. The quantitative estimate of drug-likeness (QED) is 0.223. The molecule has 0 amide bonds. The molecule has 31 heavy (non-hydrogen) atoms. The van der Waals surface area contributed by atoms with Crippen LogP contribution in [0.25, 0.3) is 21.7 Å². The Morgan fingerprint density at radius 2 is 1.61 bits per heavy atom. The van der Waals surface area contributed by atoms with Gasteiger partial charge in [0.1, 0.15) is 12.2 Å². The lowest BCUT2D eigenvalue weighted by Gasteiger charge is -2.13. The summed E-state index contributed by atoms with van der Waals surface area (Å²) in [5, 5.41) is 1.78. The van der Waals surface area contributed by atoms with E-state index in [0.29, 0.717) is 45.4 Å². The topological polar surface area (TPSA) is 65.7 Å². The van der Waals surface area contributed by atoms with Crippen LogP contribution in [0.1, 0.15) is 42.3 Å². The summed E-state index contributed by atoms with van der Waals surface area (Å²) in [5.74, 6) is 0.919. The molecule has 0 N–H and O–H groups in total. The average molecular weight is 418 g/mol. The van der Waals surface area contributed by atoms with Gasteiger partial charge in [-0.25, -0.2) is 4.79 Å². The zero-order chi connectivity index (χ0) is 22.5. The molecule has 4 rings (SSSR count). The summed E-state index contributed by atoms with van der Waals surface area (Å²) in [6, 6.07) is 16.5. The molecule has 1 aromatic heterocycles. The Hall–Kier alpha value is -3.60. The lowest BCUT2D eigenvalue weighted by Crippen LogP contribution is -2.03. The molecule has 0 unspecified atom stereocenters. The summed E-state index contributed by atoms with van der Waals surface area (Å²) in [6.07, 6.45) is 0. The molecule has 1 heterocycles. The van der Waals surface area contributed by atoms with Crippen molar-refractivity contribution >= 4 is 27.5 Å². The first kappa shape index (κ1) is 22.1. The third kappa shape index (κ3) is 4.61. The zero-order valence-corrected chi connectivity index (χ0v) is 18.4. The lowest BCUT2D eigenvalue weighted by atomic mass is 10.0. The van der Waals surface area contributed by atoms with Crippen LogP contribution in [0.15, 0.2) is 63.8 Å². The van der Waals surface area contributed by atoms with Gasteiger partial charge >= 0.3 is 5.63 Å². The van der Waals surface area contributed by atoms with Crippen molar-refractivity contribution in [1.29, 1.82) is 0 Å². The van der Waals surface area contributed by atoms with Crippen LogP contribution in [0.2, 0.25) is 0 Å². The molecule has 5 nitrogen and oxygen atoms in total. The highest BCUT2D eigenvalue weighted by Crippen LogP contribution is 2.35. The molecule has 5 heteroatoms. The van der Waals surface area contributed by atoms with E-state index < -0.39 is 5.63 Å². The first-order valence-electron chi connectivity index (χ1n) is 10.2. The number of carbonyl (C=O) groups is 1. The van der Waals surface area contributed by atoms with Gasteiger partial charge in [-0.3, -0.25) is 4.79 Å². The first-order valence-corrected chi connectivity index (χ1v) is 10.2. The third-order valence-electron chi connectivity index (χ3n) is 4.92. The number of hydrogen-bond acceptors (Lipinski definition) is 5. The van der Waals surface area contributed by atoms with Crippen molar-refractivity contribution in [2.45, 2.75) is 34.3 Å². The van der Waals surface area contributed by atoms with Crippen LogP contribution in [0.4, 0.5) is 0 Å². The maximum absolute atomic E-state index is 12.5. The standard InChI is InChI=1S/C24H20O5.C2H6/c1-14-4-6-16(7-5-14)13-28-23-12-21-19(11-22(23)27-3)18-9-8-17(15(2)25)10-20(18)24(26)29-21;1-2/h4-12H,13H2,1-3H3;1-2H3. The number of methoxy groups -OCH3 is 1. The summed E-state index contributed by atoms with van der Waals surface area (Å²) in [7, 11) is 1.56. The van der Waals surface area contributed by atoms with Crippen LogP contribution in [-0.4, -0.2) is 12.9 Å². The number of aryl methyl sites for hydroxylation is 1. The molecule has 0 atom stereocenters. The highest BCUT2D eigenvalue weighted by Gasteiger charge is 2.14. The van der Waals surface area contributed by atoms with E-state index in [9.17, 15) is 9.59 Å². The summed E-state index contributed by atoms with van der Waals surface area (Å²) < 4.78 is 17.0. The van der Waals surface area contributed by atoms with Gasteiger partial charge in [-0.1, -0.05) is 55.8 Å². The zero-order valence-electron chi connectivity index (χ0n) is 18.4. The number of carbonyl (C=O) groups excluding carboxylic acids is 1. The molecular weight excluding hydrogens is 392 g/mol. The fourth-order valence-electron chi connectivity index (χ4n) is 3.28. The molecule has 0 spiro atoms. The van der Waals surface area contributed by atoms with Crippen molar-refractivity contribution in [3.05, 3.63) is 81.7 Å². The molecule has 4 aromatic rings. The van der Waals surface area contributed by atoms with Crippen molar-refractivity contribution in [2.75, 3.05) is 7.11 Å². The van der Waals surface area contributed by atoms with E-state index >= 15 is 0 Å². The van der Waals surface area contributed by atoms with Gasteiger partial charge in [-0.2, -0.15) is 0 Å². The van der Waals surface area contributed by atoms with Crippen LogP contribution < -0.4 is 15.1 Å². The summed E-state index contributed by atoms with van der Waals surface area (Å²) in [6.45, 7) is 7.86. The molecule has 0 aliphatic rings. The number of rotatable bonds is 5. The predicted molar refractivity (Wildman–Crippen MR) is 123 cm³/mol. The van der Waals surface area contributed by atoms with Gasteiger partial charge < -0.3 is 13.9 Å². The van der Waals surface area contributed by atoms with Crippen LogP contribution in [0, 0.1) is 6.92 Å². The number of ketones is 1. The van der Waals surface area contributed by atoms with Crippen molar-refractivity contribution in [2.24, 2.45) is 0 Å². The second kappa shape index (κ2) is 9.47. The fourth-order valence-corrected chi connectivity index (χ4v) is 3.28. The normalized spacial score (nSPS) is 10.5.